The summed E-state index contributed by atoms with van der Waals surface area (Å²) in [7, 11) is 0. The van der Waals surface area contributed by atoms with E-state index >= 15 is 0 Å². The van der Waals surface area contributed by atoms with Gasteiger partial charge in [0.05, 0.1) is 23.2 Å². The monoisotopic (exact) mass is 309 g/mol. The van der Waals surface area contributed by atoms with Crippen molar-refractivity contribution < 1.29 is 9.53 Å². The molecule has 0 atom stereocenters. The number of para-hydroxylation sites is 2. The van der Waals surface area contributed by atoms with E-state index in [0.717, 1.165) is 29.6 Å². The number of nitrogens with zero attached hydrogens (tertiary/aromatic N) is 1. The normalized spacial score (nSPS) is 10.7. The van der Waals surface area contributed by atoms with Crippen LogP contribution in [0.15, 0.2) is 48.5 Å². The standard InChI is InChI=1S/C18H19N3O2/c1-2-3-12-23-17(22)13-8-10-14(11-9-13)19-18-20-15-6-4-5-7-16(15)21-18/h4-11H,2-3,12H2,1H3,(H2,19,20,21). The molecule has 5 heteroatoms. The Morgan fingerprint density at radius 2 is 1.96 bits per heavy atom. The molecular weight excluding hydrogens is 290 g/mol. The average molecular weight is 309 g/mol. The fraction of sp³-hybridized carbons (Fsp3) is 0.222. The van der Waals surface area contributed by atoms with Crippen molar-refractivity contribution in [3.63, 3.8) is 0 Å². The Hall–Kier alpha value is -2.82. The van der Waals surface area contributed by atoms with Gasteiger partial charge >= 0.3 is 5.97 Å². The van der Waals surface area contributed by atoms with Gasteiger partial charge in [0.2, 0.25) is 5.95 Å². The van der Waals surface area contributed by atoms with Crippen molar-refractivity contribution in [3.8, 4) is 0 Å². The third-order valence-corrected chi connectivity index (χ3v) is 3.50. The van der Waals surface area contributed by atoms with Crippen LogP contribution in [-0.2, 0) is 4.74 Å². The average Bonchev–Trinajstić information content (AvgIpc) is 2.98. The highest BCUT2D eigenvalue weighted by molar-refractivity contribution is 5.90. The van der Waals surface area contributed by atoms with Crippen molar-refractivity contribution in [1.82, 2.24) is 9.97 Å². The van der Waals surface area contributed by atoms with Crippen molar-refractivity contribution in [1.29, 1.82) is 0 Å². The highest BCUT2D eigenvalue weighted by Gasteiger charge is 2.07. The van der Waals surface area contributed by atoms with E-state index in [4.69, 9.17) is 4.74 Å². The fourth-order valence-electron chi connectivity index (χ4n) is 2.23. The Kier molecular flexibility index (Phi) is 4.57. The Morgan fingerprint density at radius 1 is 1.17 bits per heavy atom. The zero-order chi connectivity index (χ0) is 16.1. The second-order valence-electron chi connectivity index (χ2n) is 5.29. The molecule has 118 valence electrons. The number of ether oxygens (including phenoxy) is 1. The van der Waals surface area contributed by atoms with Gasteiger partial charge in [0, 0.05) is 5.69 Å². The summed E-state index contributed by atoms with van der Waals surface area (Å²) in [5.41, 5.74) is 3.29. The lowest BCUT2D eigenvalue weighted by molar-refractivity contribution is 0.0500. The first kappa shape index (κ1) is 15.1. The van der Waals surface area contributed by atoms with E-state index in [1.54, 1.807) is 12.1 Å². The number of unbranched alkanes of at least 4 members (excludes halogenated alkanes) is 1. The number of carbonyl (C=O) groups excluding carboxylic acids is 1. The topological polar surface area (TPSA) is 67.0 Å². The molecule has 0 radical (unpaired) electrons. The molecule has 2 N–H and O–H groups in total. The second-order valence-corrected chi connectivity index (χ2v) is 5.29. The van der Waals surface area contributed by atoms with Gasteiger partial charge in [-0.2, -0.15) is 0 Å². The Morgan fingerprint density at radius 3 is 2.70 bits per heavy atom. The number of aromatic nitrogens is 2. The highest BCUT2D eigenvalue weighted by Crippen LogP contribution is 2.18. The van der Waals surface area contributed by atoms with Crippen LogP contribution in [0.4, 0.5) is 11.6 Å². The third-order valence-electron chi connectivity index (χ3n) is 3.50. The van der Waals surface area contributed by atoms with E-state index in [1.165, 1.54) is 0 Å². The van der Waals surface area contributed by atoms with Gasteiger partial charge in [-0.05, 0) is 42.8 Å². The Labute approximate surface area is 134 Å². The van der Waals surface area contributed by atoms with E-state index in [2.05, 4.69) is 22.2 Å². The number of esters is 1. The van der Waals surface area contributed by atoms with Crippen LogP contribution in [0.3, 0.4) is 0 Å². The summed E-state index contributed by atoms with van der Waals surface area (Å²) in [4.78, 5) is 19.5. The first-order chi connectivity index (χ1) is 11.3. The van der Waals surface area contributed by atoms with Crippen molar-refractivity contribution in [2.75, 3.05) is 11.9 Å². The molecule has 3 aromatic rings. The lowest BCUT2D eigenvalue weighted by atomic mass is 10.2. The molecule has 0 bridgehead atoms. The van der Waals surface area contributed by atoms with Crippen molar-refractivity contribution >= 4 is 28.6 Å². The summed E-state index contributed by atoms with van der Waals surface area (Å²) >= 11 is 0. The van der Waals surface area contributed by atoms with Gasteiger partial charge in [-0.3, -0.25) is 0 Å². The SMILES string of the molecule is CCCCOC(=O)c1ccc(Nc2nc3ccccc3[nH]2)cc1. The van der Waals surface area contributed by atoms with Crippen LogP contribution < -0.4 is 5.32 Å². The zero-order valence-corrected chi connectivity index (χ0v) is 13.0. The molecule has 1 aromatic heterocycles. The number of H-pyrrole nitrogens is 1. The van der Waals surface area contributed by atoms with E-state index < -0.39 is 0 Å². The van der Waals surface area contributed by atoms with Gasteiger partial charge in [-0.25, -0.2) is 9.78 Å². The number of imidazole rings is 1. The van der Waals surface area contributed by atoms with E-state index in [1.807, 2.05) is 36.4 Å². The summed E-state index contributed by atoms with van der Waals surface area (Å²) in [6.45, 7) is 2.53. The first-order valence-electron chi connectivity index (χ1n) is 7.75. The molecule has 23 heavy (non-hydrogen) atoms. The van der Waals surface area contributed by atoms with Crippen molar-refractivity contribution in [2.45, 2.75) is 19.8 Å². The second kappa shape index (κ2) is 6.96. The summed E-state index contributed by atoms with van der Waals surface area (Å²) in [5.74, 6) is 0.387. The summed E-state index contributed by atoms with van der Waals surface area (Å²) < 4.78 is 5.19. The van der Waals surface area contributed by atoms with Crippen LogP contribution in [0.1, 0.15) is 30.1 Å². The molecule has 0 fully saturated rings. The Balaban J connectivity index is 1.66. The minimum atomic E-state index is -0.284. The van der Waals surface area contributed by atoms with Crippen molar-refractivity contribution in [2.24, 2.45) is 0 Å². The molecule has 0 aliphatic rings. The number of benzene rings is 2. The molecule has 2 aromatic carbocycles. The number of anilines is 2. The minimum absolute atomic E-state index is 0.284. The van der Waals surface area contributed by atoms with Crippen LogP contribution in [0.2, 0.25) is 0 Å². The van der Waals surface area contributed by atoms with Crippen LogP contribution in [0.25, 0.3) is 11.0 Å². The van der Waals surface area contributed by atoms with Crippen molar-refractivity contribution in [3.05, 3.63) is 54.1 Å². The maximum absolute atomic E-state index is 11.8. The Bertz CT molecular complexity index is 760. The molecule has 0 aliphatic carbocycles. The van der Waals surface area contributed by atoms with Gasteiger partial charge < -0.3 is 15.0 Å². The molecule has 0 spiro atoms. The van der Waals surface area contributed by atoms with Crippen LogP contribution in [-0.4, -0.2) is 22.5 Å². The van der Waals surface area contributed by atoms with Crippen LogP contribution in [0.5, 0.6) is 0 Å². The maximum Gasteiger partial charge on any atom is 0.338 e. The first-order valence-corrected chi connectivity index (χ1v) is 7.75. The van der Waals surface area contributed by atoms with E-state index in [0.29, 0.717) is 18.1 Å². The molecule has 5 nitrogen and oxygen atoms in total. The van der Waals surface area contributed by atoms with Crippen LogP contribution >= 0.6 is 0 Å². The molecule has 0 aliphatic heterocycles. The minimum Gasteiger partial charge on any atom is -0.462 e. The molecule has 1 heterocycles. The number of hydrogen-bond acceptors (Lipinski definition) is 4. The highest BCUT2D eigenvalue weighted by atomic mass is 16.5. The van der Waals surface area contributed by atoms with Crippen LogP contribution in [0, 0.1) is 0 Å². The molecule has 0 saturated heterocycles. The van der Waals surface area contributed by atoms with Gasteiger partial charge in [0.15, 0.2) is 0 Å². The smallest absolute Gasteiger partial charge is 0.338 e. The fourth-order valence-corrected chi connectivity index (χ4v) is 2.23. The summed E-state index contributed by atoms with van der Waals surface area (Å²) in [5, 5.41) is 3.19. The summed E-state index contributed by atoms with van der Waals surface area (Å²) in [6.07, 6.45) is 1.89. The van der Waals surface area contributed by atoms with Gasteiger partial charge in [0.25, 0.3) is 0 Å². The maximum atomic E-state index is 11.8. The van der Waals surface area contributed by atoms with Gasteiger partial charge in [0.1, 0.15) is 0 Å². The third kappa shape index (κ3) is 3.69. The molecule has 3 rings (SSSR count). The van der Waals surface area contributed by atoms with E-state index in [9.17, 15) is 4.79 Å². The predicted molar refractivity (Wildman–Crippen MR) is 91.0 cm³/mol. The molecule has 0 unspecified atom stereocenters. The zero-order valence-electron chi connectivity index (χ0n) is 13.0. The molecule has 0 amide bonds. The number of hydrogen-bond donors (Lipinski definition) is 2. The summed E-state index contributed by atoms with van der Waals surface area (Å²) in [6, 6.07) is 15.0. The van der Waals surface area contributed by atoms with Gasteiger partial charge in [-0.15, -0.1) is 0 Å². The van der Waals surface area contributed by atoms with Gasteiger partial charge in [-0.1, -0.05) is 25.5 Å². The number of fused-ring (bicyclic) bond motifs is 1. The quantitative estimate of drug-likeness (QED) is 0.527. The number of carbonyl (C=O) groups is 1. The molecule has 0 saturated carbocycles. The predicted octanol–water partition coefficient (Wildman–Crippen LogP) is 4.26. The lowest BCUT2D eigenvalue weighted by Crippen LogP contribution is -2.06. The van der Waals surface area contributed by atoms with E-state index in [-0.39, 0.29) is 5.97 Å². The lowest BCUT2D eigenvalue weighted by Gasteiger charge is -2.06. The largest absolute Gasteiger partial charge is 0.462 e. The number of aromatic amines is 1. The molecular formula is C18H19N3O2. The number of nitrogens with one attached hydrogen (secondary N) is 2. The number of rotatable bonds is 6.